The van der Waals surface area contributed by atoms with Crippen LogP contribution in [0.15, 0.2) is 35.9 Å². The van der Waals surface area contributed by atoms with Crippen LogP contribution < -0.4 is 10.1 Å². The van der Waals surface area contributed by atoms with Gasteiger partial charge in [0.25, 0.3) is 0 Å². The summed E-state index contributed by atoms with van der Waals surface area (Å²) < 4.78 is 5.21. The zero-order valence-electron chi connectivity index (χ0n) is 11.9. The maximum absolute atomic E-state index is 11.7. The third kappa shape index (κ3) is 2.50. The molecule has 1 atom stereocenters. The molecule has 0 saturated carbocycles. The van der Waals surface area contributed by atoms with Gasteiger partial charge in [0.1, 0.15) is 5.75 Å². The zero-order chi connectivity index (χ0) is 14.0. The van der Waals surface area contributed by atoms with Crippen molar-refractivity contribution in [3.05, 3.63) is 41.5 Å². The number of rotatable bonds is 3. The molecule has 3 nitrogen and oxygen atoms in total. The molecule has 106 valence electrons. The molecule has 1 fully saturated rings. The van der Waals surface area contributed by atoms with Gasteiger partial charge in [0.2, 0.25) is 0 Å². The molecule has 1 unspecified atom stereocenters. The minimum absolute atomic E-state index is 0.140. The molecular weight excluding hydrogens is 250 g/mol. The van der Waals surface area contributed by atoms with E-state index in [1.54, 1.807) is 7.11 Å². The Morgan fingerprint density at radius 2 is 2.05 bits per heavy atom. The zero-order valence-corrected chi connectivity index (χ0v) is 11.9. The van der Waals surface area contributed by atoms with Gasteiger partial charge in [-0.15, -0.1) is 0 Å². The number of piperidine rings is 1. The van der Waals surface area contributed by atoms with Gasteiger partial charge in [0.05, 0.1) is 7.11 Å². The lowest BCUT2D eigenvalue weighted by atomic mass is 9.66. The lowest BCUT2D eigenvalue weighted by Crippen LogP contribution is -2.45. The quantitative estimate of drug-likeness (QED) is 0.918. The number of allylic oxidation sites excluding steroid dienone is 1. The van der Waals surface area contributed by atoms with E-state index >= 15 is 0 Å². The fourth-order valence-corrected chi connectivity index (χ4v) is 3.43. The van der Waals surface area contributed by atoms with Crippen LogP contribution >= 0.6 is 0 Å². The van der Waals surface area contributed by atoms with Gasteiger partial charge in [0, 0.05) is 18.4 Å². The Hall–Kier alpha value is -1.61. The minimum Gasteiger partial charge on any atom is -0.497 e. The highest BCUT2D eigenvalue weighted by molar-refractivity contribution is 5.91. The minimum atomic E-state index is 0.140. The summed E-state index contributed by atoms with van der Waals surface area (Å²) in [7, 11) is 1.69. The van der Waals surface area contributed by atoms with Gasteiger partial charge in [-0.3, -0.25) is 4.79 Å². The van der Waals surface area contributed by atoms with E-state index in [1.165, 1.54) is 11.1 Å². The third-order valence-corrected chi connectivity index (χ3v) is 4.60. The Bertz CT molecular complexity index is 532. The smallest absolute Gasteiger partial charge is 0.155 e. The van der Waals surface area contributed by atoms with Crippen molar-refractivity contribution in [3.63, 3.8) is 0 Å². The third-order valence-electron chi connectivity index (χ3n) is 4.60. The standard InChI is InChI=1S/C17H21NO2/c1-20-16-4-2-13(3-5-16)11-17-8-6-15(19)10-14(17)7-9-18-12-17/h2-5,10,18H,6-9,11-12H2,1H3. The number of fused-ring (bicyclic) bond motifs is 1. The molecule has 3 heteroatoms. The molecule has 0 bridgehead atoms. The first-order chi connectivity index (χ1) is 9.72. The Morgan fingerprint density at radius 1 is 1.25 bits per heavy atom. The van der Waals surface area contributed by atoms with Crippen LogP contribution in [0, 0.1) is 5.41 Å². The molecule has 0 amide bonds. The Labute approximate surface area is 120 Å². The normalized spacial score (nSPS) is 25.9. The molecule has 1 N–H and O–H groups in total. The molecule has 1 aliphatic carbocycles. The van der Waals surface area contributed by atoms with Crippen molar-refractivity contribution in [1.29, 1.82) is 0 Å². The first-order valence-electron chi connectivity index (χ1n) is 7.29. The van der Waals surface area contributed by atoms with E-state index in [4.69, 9.17) is 4.74 Å². The molecule has 1 aliphatic heterocycles. The van der Waals surface area contributed by atoms with E-state index in [9.17, 15) is 4.79 Å². The maximum atomic E-state index is 11.7. The molecule has 0 spiro atoms. The number of benzene rings is 1. The van der Waals surface area contributed by atoms with Gasteiger partial charge in [-0.25, -0.2) is 0 Å². The van der Waals surface area contributed by atoms with Crippen molar-refractivity contribution in [3.8, 4) is 5.75 Å². The molecule has 3 rings (SSSR count). The molecule has 1 heterocycles. The number of ketones is 1. The summed E-state index contributed by atoms with van der Waals surface area (Å²) in [5.74, 6) is 1.19. The molecule has 2 aliphatic rings. The average Bonchev–Trinajstić information content (AvgIpc) is 2.48. The van der Waals surface area contributed by atoms with Gasteiger partial charge in [-0.1, -0.05) is 17.7 Å². The van der Waals surface area contributed by atoms with Crippen molar-refractivity contribution in [2.24, 2.45) is 5.41 Å². The van der Waals surface area contributed by atoms with E-state index in [-0.39, 0.29) is 5.41 Å². The highest BCUT2D eigenvalue weighted by Gasteiger charge is 2.39. The Balaban J connectivity index is 1.85. The second kappa shape index (κ2) is 5.41. The summed E-state index contributed by atoms with van der Waals surface area (Å²) in [6.45, 7) is 1.97. The molecular formula is C17H21NO2. The van der Waals surface area contributed by atoms with E-state index in [0.717, 1.165) is 38.1 Å². The van der Waals surface area contributed by atoms with Crippen LogP contribution in [0.4, 0.5) is 0 Å². The van der Waals surface area contributed by atoms with Crippen molar-refractivity contribution >= 4 is 5.78 Å². The largest absolute Gasteiger partial charge is 0.497 e. The second-order valence-electron chi connectivity index (χ2n) is 5.87. The van der Waals surface area contributed by atoms with Gasteiger partial charge in [0.15, 0.2) is 5.78 Å². The van der Waals surface area contributed by atoms with Crippen LogP contribution in [0.3, 0.4) is 0 Å². The van der Waals surface area contributed by atoms with Gasteiger partial charge >= 0.3 is 0 Å². The van der Waals surface area contributed by atoms with Crippen molar-refractivity contribution < 1.29 is 9.53 Å². The van der Waals surface area contributed by atoms with Crippen molar-refractivity contribution in [1.82, 2.24) is 5.32 Å². The first-order valence-corrected chi connectivity index (χ1v) is 7.29. The lowest BCUT2D eigenvalue weighted by molar-refractivity contribution is -0.115. The summed E-state index contributed by atoms with van der Waals surface area (Å²) >= 11 is 0. The fourth-order valence-electron chi connectivity index (χ4n) is 3.43. The first kappa shape index (κ1) is 13.4. The predicted molar refractivity (Wildman–Crippen MR) is 78.9 cm³/mol. The number of hydrogen-bond donors (Lipinski definition) is 1. The van der Waals surface area contributed by atoms with Crippen LogP contribution in [0.25, 0.3) is 0 Å². The Morgan fingerprint density at radius 3 is 2.80 bits per heavy atom. The van der Waals surface area contributed by atoms with E-state index < -0.39 is 0 Å². The van der Waals surface area contributed by atoms with E-state index in [1.807, 2.05) is 18.2 Å². The molecule has 1 aromatic carbocycles. The van der Waals surface area contributed by atoms with Crippen LogP contribution in [-0.2, 0) is 11.2 Å². The molecule has 20 heavy (non-hydrogen) atoms. The van der Waals surface area contributed by atoms with E-state index in [2.05, 4.69) is 17.4 Å². The Kier molecular flexibility index (Phi) is 3.62. The van der Waals surface area contributed by atoms with Crippen molar-refractivity contribution in [2.75, 3.05) is 20.2 Å². The summed E-state index contributed by atoms with van der Waals surface area (Å²) in [6, 6.07) is 8.30. The highest BCUT2D eigenvalue weighted by Crippen LogP contribution is 2.42. The monoisotopic (exact) mass is 271 g/mol. The molecule has 0 radical (unpaired) electrons. The number of nitrogens with one attached hydrogen (secondary N) is 1. The topological polar surface area (TPSA) is 38.3 Å². The summed E-state index contributed by atoms with van der Waals surface area (Å²) in [5.41, 5.74) is 2.80. The number of ether oxygens (including phenoxy) is 1. The average molecular weight is 271 g/mol. The number of hydrogen-bond acceptors (Lipinski definition) is 3. The predicted octanol–water partition coefficient (Wildman–Crippen LogP) is 2.51. The van der Waals surface area contributed by atoms with Crippen LogP contribution in [0.1, 0.15) is 24.8 Å². The lowest BCUT2D eigenvalue weighted by Gasteiger charge is -2.42. The number of carbonyl (C=O) groups is 1. The number of methoxy groups -OCH3 is 1. The van der Waals surface area contributed by atoms with Gasteiger partial charge in [-0.05, 0) is 49.6 Å². The molecule has 1 aromatic rings. The molecule has 1 saturated heterocycles. The van der Waals surface area contributed by atoms with E-state index in [0.29, 0.717) is 12.2 Å². The van der Waals surface area contributed by atoms with Gasteiger partial charge < -0.3 is 10.1 Å². The number of carbonyl (C=O) groups excluding carboxylic acids is 1. The van der Waals surface area contributed by atoms with Crippen molar-refractivity contribution in [2.45, 2.75) is 25.7 Å². The second-order valence-corrected chi connectivity index (χ2v) is 5.87. The van der Waals surface area contributed by atoms with Gasteiger partial charge in [-0.2, -0.15) is 0 Å². The van der Waals surface area contributed by atoms with Crippen LogP contribution in [-0.4, -0.2) is 26.0 Å². The van der Waals surface area contributed by atoms with Crippen LogP contribution in [0.5, 0.6) is 5.75 Å². The summed E-state index contributed by atoms with van der Waals surface area (Å²) in [4.78, 5) is 11.7. The molecule has 0 aromatic heterocycles. The summed E-state index contributed by atoms with van der Waals surface area (Å²) in [6.07, 6.45) is 5.57. The fraction of sp³-hybridized carbons (Fsp3) is 0.471. The van der Waals surface area contributed by atoms with Crippen LogP contribution in [0.2, 0.25) is 0 Å². The SMILES string of the molecule is COc1ccc(CC23CCC(=O)C=C2CCNC3)cc1. The maximum Gasteiger partial charge on any atom is 0.155 e. The highest BCUT2D eigenvalue weighted by atomic mass is 16.5. The summed E-state index contributed by atoms with van der Waals surface area (Å²) in [5, 5.41) is 3.51.